The number of hydrogen-bond acceptors (Lipinski definition) is 5. The molecule has 0 bridgehead atoms. The molecule has 1 unspecified atom stereocenters. The van der Waals surface area contributed by atoms with E-state index in [0.717, 1.165) is 5.56 Å². The molecule has 30 heavy (non-hydrogen) atoms. The van der Waals surface area contributed by atoms with Crippen molar-refractivity contribution in [2.75, 3.05) is 12.0 Å². The van der Waals surface area contributed by atoms with Crippen molar-refractivity contribution in [2.45, 2.75) is 13.0 Å². The largest absolute Gasteiger partial charge is 0.507 e. The number of rotatable bonds is 4. The average molecular weight is 424 g/mol. The van der Waals surface area contributed by atoms with E-state index in [1.807, 2.05) is 13.0 Å². The van der Waals surface area contributed by atoms with Gasteiger partial charge >= 0.3 is 0 Å². The summed E-state index contributed by atoms with van der Waals surface area (Å²) in [5, 5.41) is 11.5. The lowest BCUT2D eigenvalue weighted by molar-refractivity contribution is -0.132. The fourth-order valence-electron chi connectivity index (χ4n) is 3.60. The molecule has 1 N–H and O–H groups in total. The van der Waals surface area contributed by atoms with Crippen molar-refractivity contribution in [1.82, 2.24) is 0 Å². The molecule has 1 fully saturated rings. The monoisotopic (exact) mass is 423 g/mol. The van der Waals surface area contributed by atoms with E-state index in [9.17, 15) is 14.7 Å². The van der Waals surface area contributed by atoms with Crippen LogP contribution in [0.4, 0.5) is 5.69 Å². The number of anilines is 1. The van der Waals surface area contributed by atoms with Crippen molar-refractivity contribution < 1.29 is 23.8 Å². The second kappa shape index (κ2) is 7.72. The number of aryl methyl sites for hydroxylation is 1. The van der Waals surface area contributed by atoms with Crippen LogP contribution in [-0.4, -0.2) is 23.9 Å². The van der Waals surface area contributed by atoms with E-state index in [0.29, 0.717) is 22.2 Å². The number of carbonyl (C=O) groups excluding carboxylic acids is 2. The summed E-state index contributed by atoms with van der Waals surface area (Å²) in [5.74, 6) is -1.30. The molecule has 152 valence electrons. The Hall–Kier alpha value is -3.51. The minimum atomic E-state index is -0.939. The van der Waals surface area contributed by atoms with Crippen molar-refractivity contribution in [3.63, 3.8) is 0 Å². The fraction of sp³-hybridized carbons (Fsp3) is 0.130. The molecule has 1 aliphatic rings. The molecule has 2 aromatic carbocycles. The summed E-state index contributed by atoms with van der Waals surface area (Å²) in [6, 6.07) is 14.2. The lowest BCUT2D eigenvalue weighted by Crippen LogP contribution is -2.29. The molecule has 0 aliphatic carbocycles. The number of furan rings is 1. The highest BCUT2D eigenvalue weighted by Gasteiger charge is 2.48. The number of carbonyl (C=O) groups is 2. The van der Waals surface area contributed by atoms with Crippen molar-refractivity contribution >= 4 is 34.7 Å². The van der Waals surface area contributed by atoms with Crippen LogP contribution in [0.15, 0.2) is 70.9 Å². The highest BCUT2D eigenvalue weighted by atomic mass is 35.5. The Kier molecular flexibility index (Phi) is 5.10. The number of Topliss-reactive ketones (excluding diaryl/α,β-unsaturated/α-hetero) is 1. The Balaban J connectivity index is 1.97. The van der Waals surface area contributed by atoms with E-state index < -0.39 is 17.7 Å². The van der Waals surface area contributed by atoms with Gasteiger partial charge < -0.3 is 14.3 Å². The fourth-order valence-corrected chi connectivity index (χ4v) is 3.78. The minimum absolute atomic E-state index is 0.1000. The maximum atomic E-state index is 13.1. The van der Waals surface area contributed by atoms with Crippen LogP contribution in [0, 0.1) is 6.92 Å². The zero-order chi connectivity index (χ0) is 21.4. The van der Waals surface area contributed by atoms with Gasteiger partial charge in [-0.25, -0.2) is 0 Å². The second-order valence-electron chi connectivity index (χ2n) is 6.87. The number of aliphatic hydroxyl groups excluding tert-OH is 1. The van der Waals surface area contributed by atoms with Crippen molar-refractivity contribution in [3.05, 3.63) is 88.3 Å². The molecule has 2 heterocycles. The van der Waals surface area contributed by atoms with E-state index in [2.05, 4.69) is 0 Å². The molecule has 0 spiro atoms. The van der Waals surface area contributed by atoms with Crippen LogP contribution < -0.4 is 9.64 Å². The zero-order valence-electron chi connectivity index (χ0n) is 16.3. The first-order valence-electron chi connectivity index (χ1n) is 9.17. The van der Waals surface area contributed by atoms with Crippen LogP contribution in [0.1, 0.15) is 22.9 Å². The van der Waals surface area contributed by atoms with Gasteiger partial charge in [0.15, 0.2) is 0 Å². The Morgan fingerprint density at radius 2 is 1.93 bits per heavy atom. The Morgan fingerprint density at radius 1 is 1.13 bits per heavy atom. The number of ketones is 1. The molecule has 1 amide bonds. The van der Waals surface area contributed by atoms with Crippen LogP contribution in [0.3, 0.4) is 0 Å². The van der Waals surface area contributed by atoms with Gasteiger partial charge in [0, 0.05) is 10.7 Å². The van der Waals surface area contributed by atoms with Crippen molar-refractivity contribution in [2.24, 2.45) is 0 Å². The molecule has 7 heteroatoms. The maximum Gasteiger partial charge on any atom is 0.300 e. The summed E-state index contributed by atoms with van der Waals surface area (Å²) in [6.45, 7) is 1.89. The van der Waals surface area contributed by atoms with Crippen LogP contribution in [0.25, 0.3) is 5.76 Å². The van der Waals surface area contributed by atoms with Gasteiger partial charge in [-0.15, -0.1) is 0 Å². The van der Waals surface area contributed by atoms with Gasteiger partial charge in [-0.3, -0.25) is 14.5 Å². The SMILES string of the molecule is COc1ccc(Cl)cc1/C(O)=C1/C(=O)C(=O)N(c2cccc(C)c2)C1c1ccco1. The maximum absolute atomic E-state index is 13.1. The van der Waals surface area contributed by atoms with Crippen molar-refractivity contribution in [3.8, 4) is 5.75 Å². The molecule has 0 radical (unpaired) electrons. The quantitative estimate of drug-likeness (QED) is 0.367. The number of nitrogens with zero attached hydrogens (tertiary/aromatic N) is 1. The number of benzene rings is 2. The first kappa shape index (κ1) is 19.8. The number of amides is 1. The molecular weight excluding hydrogens is 406 g/mol. The molecular formula is C23H18ClNO5. The van der Waals surface area contributed by atoms with E-state index in [1.54, 1.807) is 42.5 Å². The Labute approximate surface area is 177 Å². The lowest BCUT2D eigenvalue weighted by atomic mass is 9.98. The zero-order valence-corrected chi connectivity index (χ0v) is 17.0. The Bertz CT molecular complexity index is 1170. The predicted octanol–water partition coefficient (Wildman–Crippen LogP) is 4.88. The van der Waals surface area contributed by atoms with Crippen LogP contribution in [-0.2, 0) is 9.59 Å². The number of ether oxygens (including phenoxy) is 1. The van der Waals surface area contributed by atoms with Gasteiger partial charge in [-0.05, 0) is 55.0 Å². The van der Waals surface area contributed by atoms with Gasteiger partial charge in [0.1, 0.15) is 23.3 Å². The summed E-state index contributed by atoms with van der Waals surface area (Å²) < 4.78 is 10.9. The molecule has 1 aliphatic heterocycles. The van der Waals surface area contributed by atoms with Crippen molar-refractivity contribution in [1.29, 1.82) is 0 Å². The average Bonchev–Trinajstić information content (AvgIpc) is 3.34. The highest BCUT2D eigenvalue weighted by molar-refractivity contribution is 6.51. The Morgan fingerprint density at radius 3 is 2.60 bits per heavy atom. The summed E-state index contributed by atoms with van der Waals surface area (Å²) >= 11 is 6.10. The van der Waals surface area contributed by atoms with E-state index >= 15 is 0 Å². The highest BCUT2D eigenvalue weighted by Crippen LogP contribution is 2.43. The van der Waals surface area contributed by atoms with Gasteiger partial charge in [-0.2, -0.15) is 0 Å². The molecule has 1 atom stereocenters. The number of hydrogen-bond donors (Lipinski definition) is 1. The topological polar surface area (TPSA) is 80.0 Å². The van der Waals surface area contributed by atoms with Gasteiger partial charge in [0.05, 0.1) is 24.5 Å². The molecule has 0 saturated carbocycles. The normalized spacial score (nSPS) is 18.1. The predicted molar refractivity (Wildman–Crippen MR) is 113 cm³/mol. The molecule has 1 saturated heterocycles. The molecule has 1 aromatic heterocycles. The number of methoxy groups -OCH3 is 1. The minimum Gasteiger partial charge on any atom is -0.507 e. The first-order valence-corrected chi connectivity index (χ1v) is 9.55. The molecule has 3 aromatic rings. The van der Waals surface area contributed by atoms with Crippen LogP contribution in [0.2, 0.25) is 5.02 Å². The van der Waals surface area contributed by atoms with Gasteiger partial charge in [0.25, 0.3) is 11.7 Å². The molecule has 6 nitrogen and oxygen atoms in total. The summed E-state index contributed by atoms with van der Waals surface area (Å²) in [6.07, 6.45) is 1.45. The second-order valence-corrected chi connectivity index (χ2v) is 7.30. The number of halogens is 1. The summed E-state index contributed by atoms with van der Waals surface area (Å²) in [4.78, 5) is 27.4. The summed E-state index contributed by atoms with van der Waals surface area (Å²) in [5.41, 5.74) is 1.56. The third-order valence-corrected chi connectivity index (χ3v) is 5.19. The van der Waals surface area contributed by atoms with E-state index in [4.69, 9.17) is 20.8 Å². The smallest absolute Gasteiger partial charge is 0.300 e. The van der Waals surface area contributed by atoms with Crippen LogP contribution in [0.5, 0.6) is 5.75 Å². The third kappa shape index (κ3) is 3.25. The lowest BCUT2D eigenvalue weighted by Gasteiger charge is -2.23. The van der Waals surface area contributed by atoms with Gasteiger partial charge in [0.2, 0.25) is 0 Å². The summed E-state index contributed by atoms with van der Waals surface area (Å²) in [7, 11) is 1.44. The standard InChI is InChI=1S/C23H18ClNO5/c1-13-5-3-6-15(11-13)25-20(18-7-4-10-30-18)19(22(27)23(25)28)21(26)16-12-14(24)8-9-17(16)29-2/h3-12,20,26H,1-2H3/b21-19-. The van der Waals surface area contributed by atoms with Gasteiger partial charge in [-0.1, -0.05) is 23.7 Å². The van der Waals surface area contributed by atoms with E-state index in [-0.39, 0.29) is 16.9 Å². The third-order valence-electron chi connectivity index (χ3n) is 4.95. The first-order chi connectivity index (χ1) is 14.4. The van der Waals surface area contributed by atoms with E-state index in [1.165, 1.54) is 24.3 Å². The molecule has 4 rings (SSSR count). The number of aliphatic hydroxyl groups is 1. The van der Waals surface area contributed by atoms with Crippen LogP contribution >= 0.6 is 11.6 Å².